The van der Waals surface area contributed by atoms with E-state index in [9.17, 15) is 4.79 Å². The average molecular weight is 238 g/mol. The summed E-state index contributed by atoms with van der Waals surface area (Å²) in [5.41, 5.74) is 2.50. The fourth-order valence-electron chi connectivity index (χ4n) is 1.28. The molecule has 0 aliphatic carbocycles. The van der Waals surface area contributed by atoms with E-state index in [0.717, 1.165) is 22.4 Å². The molecule has 0 aliphatic rings. The van der Waals surface area contributed by atoms with E-state index >= 15 is 0 Å². The zero-order chi connectivity index (χ0) is 10.8. The summed E-state index contributed by atoms with van der Waals surface area (Å²) in [6.07, 6.45) is 0.754. The van der Waals surface area contributed by atoms with Crippen molar-refractivity contribution in [2.24, 2.45) is 0 Å². The number of aromatic nitrogens is 1. The number of aldehydes is 1. The fourth-order valence-corrected chi connectivity index (χ4v) is 2.25. The summed E-state index contributed by atoms with van der Waals surface area (Å²) in [5.74, 6) is 0. The predicted octanol–water partition coefficient (Wildman–Crippen LogP) is 3.58. The van der Waals surface area contributed by atoms with Gasteiger partial charge >= 0.3 is 0 Å². The zero-order valence-corrected chi connectivity index (χ0v) is 9.60. The first kappa shape index (κ1) is 10.3. The standard InChI is InChI=1S/C11H8ClNOS/c1-7-4-11(15-13-7)8-2-3-9(6-14)10(12)5-8/h2-6H,1H3. The minimum atomic E-state index is 0.480. The van der Waals surface area contributed by atoms with Gasteiger partial charge in [0.2, 0.25) is 0 Å². The Bertz CT molecular complexity index is 507. The summed E-state index contributed by atoms with van der Waals surface area (Å²) in [6, 6.07) is 7.39. The summed E-state index contributed by atoms with van der Waals surface area (Å²) in [7, 11) is 0. The number of carbonyl (C=O) groups is 1. The van der Waals surface area contributed by atoms with Gasteiger partial charge in [-0.25, -0.2) is 0 Å². The van der Waals surface area contributed by atoms with E-state index in [-0.39, 0.29) is 0 Å². The Hall–Kier alpha value is -1.19. The third-order valence-electron chi connectivity index (χ3n) is 2.04. The van der Waals surface area contributed by atoms with Crippen molar-refractivity contribution in [2.75, 3.05) is 0 Å². The molecule has 0 spiro atoms. The van der Waals surface area contributed by atoms with Gasteiger partial charge in [0.05, 0.1) is 15.6 Å². The average Bonchev–Trinajstić information content (AvgIpc) is 2.65. The molecule has 0 amide bonds. The molecule has 0 saturated carbocycles. The predicted molar refractivity (Wildman–Crippen MR) is 62.7 cm³/mol. The van der Waals surface area contributed by atoms with Gasteiger partial charge < -0.3 is 0 Å². The van der Waals surface area contributed by atoms with Crippen LogP contribution >= 0.6 is 23.1 Å². The van der Waals surface area contributed by atoms with Crippen molar-refractivity contribution in [3.8, 4) is 10.4 Å². The van der Waals surface area contributed by atoms with Crippen molar-refractivity contribution >= 4 is 29.4 Å². The molecule has 1 aromatic carbocycles. The van der Waals surface area contributed by atoms with E-state index in [1.165, 1.54) is 11.5 Å². The van der Waals surface area contributed by atoms with Gasteiger partial charge in [-0.1, -0.05) is 17.7 Å². The van der Waals surface area contributed by atoms with Crippen LogP contribution in [0.15, 0.2) is 24.3 Å². The van der Waals surface area contributed by atoms with Crippen LogP contribution in [-0.2, 0) is 0 Å². The third kappa shape index (κ3) is 2.08. The Morgan fingerprint density at radius 2 is 2.20 bits per heavy atom. The molecule has 0 fully saturated rings. The monoisotopic (exact) mass is 237 g/mol. The first-order valence-electron chi connectivity index (χ1n) is 4.39. The van der Waals surface area contributed by atoms with Gasteiger partial charge in [0, 0.05) is 5.56 Å². The number of rotatable bonds is 2. The van der Waals surface area contributed by atoms with E-state index in [4.69, 9.17) is 11.6 Å². The van der Waals surface area contributed by atoms with Crippen LogP contribution in [0.1, 0.15) is 16.1 Å². The third-order valence-corrected chi connectivity index (χ3v) is 3.30. The van der Waals surface area contributed by atoms with E-state index in [1.54, 1.807) is 12.1 Å². The van der Waals surface area contributed by atoms with Gasteiger partial charge in [-0.05, 0) is 42.2 Å². The van der Waals surface area contributed by atoms with Gasteiger partial charge in [-0.2, -0.15) is 4.37 Å². The molecule has 2 rings (SSSR count). The zero-order valence-electron chi connectivity index (χ0n) is 8.03. The quantitative estimate of drug-likeness (QED) is 0.748. The van der Waals surface area contributed by atoms with Gasteiger partial charge in [0.1, 0.15) is 0 Å². The largest absolute Gasteiger partial charge is 0.298 e. The molecular formula is C11H8ClNOS. The Labute approximate surface area is 96.7 Å². The van der Waals surface area contributed by atoms with Gasteiger partial charge in [0.15, 0.2) is 6.29 Å². The van der Waals surface area contributed by atoms with E-state index < -0.39 is 0 Å². The topological polar surface area (TPSA) is 30.0 Å². The van der Waals surface area contributed by atoms with Crippen LogP contribution in [0, 0.1) is 6.92 Å². The van der Waals surface area contributed by atoms with E-state index in [2.05, 4.69) is 4.37 Å². The summed E-state index contributed by atoms with van der Waals surface area (Å²) in [4.78, 5) is 11.6. The maximum atomic E-state index is 10.6. The van der Waals surface area contributed by atoms with Crippen molar-refractivity contribution in [2.45, 2.75) is 6.92 Å². The molecule has 0 unspecified atom stereocenters. The number of hydrogen-bond acceptors (Lipinski definition) is 3. The van der Waals surface area contributed by atoms with Crippen molar-refractivity contribution in [3.63, 3.8) is 0 Å². The first-order chi connectivity index (χ1) is 7.20. The second-order valence-electron chi connectivity index (χ2n) is 3.19. The number of halogens is 1. The van der Waals surface area contributed by atoms with E-state index in [1.807, 2.05) is 19.1 Å². The molecule has 2 aromatic rings. The lowest BCUT2D eigenvalue weighted by molar-refractivity contribution is 0.112. The fraction of sp³-hybridized carbons (Fsp3) is 0.0909. The molecule has 1 heterocycles. The molecule has 1 aromatic heterocycles. The van der Waals surface area contributed by atoms with Crippen LogP contribution in [0.5, 0.6) is 0 Å². The van der Waals surface area contributed by atoms with E-state index in [0.29, 0.717) is 10.6 Å². The summed E-state index contributed by atoms with van der Waals surface area (Å²) >= 11 is 7.37. The van der Waals surface area contributed by atoms with Gasteiger partial charge in [-0.3, -0.25) is 4.79 Å². The lowest BCUT2D eigenvalue weighted by atomic mass is 10.1. The minimum Gasteiger partial charge on any atom is -0.298 e. The number of hydrogen-bond donors (Lipinski definition) is 0. The Morgan fingerprint density at radius 3 is 2.73 bits per heavy atom. The highest BCUT2D eigenvalue weighted by molar-refractivity contribution is 7.09. The number of aryl methyl sites for hydroxylation is 1. The molecule has 4 heteroatoms. The molecule has 0 N–H and O–H groups in total. The highest BCUT2D eigenvalue weighted by Crippen LogP contribution is 2.28. The summed E-state index contributed by atoms with van der Waals surface area (Å²) in [6.45, 7) is 1.95. The molecule has 76 valence electrons. The lowest BCUT2D eigenvalue weighted by Crippen LogP contribution is -1.82. The van der Waals surface area contributed by atoms with Crippen LogP contribution < -0.4 is 0 Å². The maximum Gasteiger partial charge on any atom is 0.151 e. The van der Waals surface area contributed by atoms with Crippen LogP contribution in [0.25, 0.3) is 10.4 Å². The van der Waals surface area contributed by atoms with Gasteiger partial charge in [0.25, 0.3) is 0 Å². The second-order valence-corrected chi connectivity index (χ2v) is 4.40. The molecule has 0 radical (unpaired) electrons. The Kier molecular flexibility index (Phi) is 2.84. The molecule has 2 nitrogen and oxygen atoms in total. The highest BCUT2D eigenvalue weighted by Gasteiger charge is 2.05. The molecule has 0 saturated heterocycles. The number of carbonyl (C=O) groups excluding carboxylic acids is 1. The highest BCUT2D eigenvalue weighted by atomic mass is 35.5. The molecule has 0 bridgehead atoms. The summed E-state index contributed by atoms with van der Waals surface area (Å²) in [5, 5.41) is 0.480. The lowest BCUT2D eigenvalue weighted by Gasteiger charge is -1.99. The smallest absolute Gasteiger partial charge is 0.151 e. The van der Waals surface area contributed by atoms with Crippen molar-refractivity contribution in [1.29, 1.82) is 0 Å². The molecule has 0 aliphatic heterocycles. The van der Waals surface area contributed by atoms with Crippen LogP contribution in [0.2, 0.25) is 5.02 Å². The first-order valence-corrected chi connectivity index (χ1v) is 5.54. The normalized spacial score (nSPS) is 10.3. The van der Waals surface area contributed by atoms with Crippen molar-refractivity contribution < 1.29 is 4.79 Å². The minimum absolute atomic E-state index is 0.480. The number of nitrogens with zero attached hydrogens (tertiary/aromatic N) is 1. The molecular weight excluding hydrogens is 230 g/mol. The molecule has 0 atom stereocenters. The molecule has 15 heavy (non-hydrogen) atoms. The van der Waals surface area contributed by atoms with Gasteiger partial charge in [-0.15, -0.1) is 0 Å². The van der Waals surface area contributed by atoms with Crippen LogP contribution in [0.3, 0.4) is 0 Å². The van der Waals surface area contributed by atoms with Crippen LogP contribution in [-0.4, -0.2) is 10.7 Å². The SMILES string of the molecule is Cc1cc(-c2ccc(C=O)c(Cl)c2)sn1. The Morgan fingerprint density at radius 1 is 1.40 bits per heavy atom. The maximum absolute atomic E-state index is 10.6. The summed E-state index contributed by atoms with van der Waals surface area (Å²) < 4.78 is 4.19. The number of benzene rings is 1. The van der Waals surface area contributed by atoms with Crippen LogP contribution in [0.4, 0.5) is 0 Å². The van der Waals surface area contributed by atoms with Crippen molar-refractivity contribution in [3.05, 3.63) is 40.5 Å². The second kappa shape index (κ2) is 4.13. The van der Waals surface area contributed by atoms with Crippen molar-refractivity contribution in [1.82, 2.24) is 4.37 Å². The Balaban J connectivity index is 2.46.